The number of amides is 1. The molecule has 1 amide bonds. The molecular weight excluding hydrogens is 364 g/mol. The Bertz CT molecular complexity index is 1010. The van der Waals surface area contributed by atoms with Crippen molar-refractivity contribution in [3.8, 4) is 0 Å². The first-order chi connectivity index (χ1) is 14.0. The van der Waals surface area contributed by atoms with E-state index in [1.165, 1.54) is 0 Å². The topological polar surface area (TPSA) is 57.2 Å². The molecular formula is C23H24N4O2. The van der Waals surface area contributed by atoms with Crippen LogP contribution in [0.25, 0.3) is 0 Å². The number of anilines is 2. The summed E-state index contributed by atoms with van der Waals surface area (Å²) in [5.41, 5.74) is 4.32. The first kappa shape index (κ1) is 18.8. The van der Waals surface area contributed by atoms with Gasteiger partial charge in [0.1, 0.15) is 11.5 Å². The second-order valence-corrected chi connectivity index (χ2v) is 7.25. The van der Waals surface area contributed by atoms with Crippen LogP contribution in [0.2, 0.25) is 0 Å². The van der Waals surface area contributed by atoms with Gasteiger partial charge in [0.15, 0.2) is 6.23 Å². The van der Waals surface area contributed by atoms with Crippen molar-refractivity contribution in [2.45, 2.75) is 12.6 Å². The zero-order valence-electron chi connectivity index (χ0n) is 16.8. The molecule has 2 aliphatic heterocycles. The zero-order chi connectivity index (χ0) is 20.4. The van der Waals surface area contributed by atoms with Crippen LogP contribution >= 0.6 is 0 Å². The number of aliphatic imine (C=N–C) groups is 1. The van der Waals surface area contributed by atoms with Gasteiger partial charge in [-0.15, -0.1) is 0 Å². The summed E-state index contributed by atoms with van der Waals surface area (Å²) in [5, 5.41) is 2.98. The van der Waals surface area contributed by atoms with Gasteiger partial charge in [-0.1, -0.05) is 12.1 Å². The molecule has 0 aromatic heterocycles. The van der Waals surface area contributed by atoms with Crippen LogP contribution in [0.15, 0.2) is 77.3 Å². The van der Waals surface area contributed by atoms with E-state index in [-0.39, 0.29) is 12.1 Å². The molecule has 1 atom stereocenters. The summed E-state index contributed by atoms with van der Waals surface area (Å²) >= 11 is 0. The van der Waals surface area contributed by atoms with Crippen LogP contribution < -0.4 is 10.2 Å². The minimum Gasteiger partial charge on any atom is -0.464 e. The number of carbonyl (C=O) groups is 1. The van der Waals surface area contributed by atoms with Crippen LogP contribution in [0.4, 0.5) is 11.4 Å². The Hall–Kier alpha value is -3.54. The number of hydrogen-bond acceptors (Lipinski definition) is 5. The number of ether oxygens (including phenoxy) is 1. The number of likely N-dealkylation sites (N-methyl/N-ethyl adjacent to an activating group) is 1. The fourth-order valence-electron chi connectivity index (χ4n) is 3.39. The van der Waals surface area contributed by atoms with Gasteiger partial charge >= 0.3 is 0 Å². The van der Waals surface area contributed by atoms with Crippen LogP contribution in [-0.4, -0.2) is 38.2 Å². The average molecular weight is 388 g/mol. The van der Waals surface area contributed by atoms with Crippen LogP contribution in [-0.2, 0) is 4.74 Å². The van der Waals surface area contributed by atoms with E-state index in [0.29, 0.717) is 5.56 Å². The predicted molar refractivity (Wildman–Crippen MR) is 116 cm³/mol. The Morgan fingerprint density at radius 3 is 2.76 bits per heavy atom. The van der Waals surface area contributed by atoms with Crippen LogP contribution in [0.3, 0.4) is 0 Å². The van der Waals surface area contributed by atoms with Crippen molar-refractivity contribution in [1.29, 1.82) is 0 Å². The molecule has 1 saturated heterocycles. The number of rotatable bonds is 4. The van der Waals surface area contributed by atoms with Crippen molar-refractivity contribution in [3.05, 3.63) is 83.4 Å². The molecule has 1 fully saturated rings. The number of fused-ring (bicyclic) bond motifs is 1. The maximum Gasteiger partial charge on any atom is 0.255 e. The van der Waals surface area contributed by atoms with Crippen molar-refractivity contribution in [1.82, 2.24) is 4.90 Å². The highest BCUT2D eigenvalue weighted by Crippen LogP contribution is 2.39. The lowest BCUT2D eigenvalue weighted by atomic mass is 10.1. The highest BCUT2D eigenvalue weighted by Gasteiger charge is 2.32. The Labute approximate surface area is 170 Å². The fourth-order valence-corrected chi connectivity index (χ4v) is 3.39. The van der Waals surface area contributed by atoms with Gasteiger partial charge in [0, 0.05) is 56.3 Å². The van der Waals surface area contributed by atoms with Crippen molar-refractivity contribution >= 4 is 23.5 Å². The quantitative estimate of drug-likeness (QED) is 0.854. The average Bonchev–Trinajstić information content (AvgIpc) is 2.89. The van der Waals surface area contributed by atoms with Crippen molar-refractivity contribution in [3.63, 3.8) is 0 Å². The van der Waals surface area contributed by atoms with E-state index in [4.69, 9.17) is 4.74 Å². The van der Waals surface area contributed by atoms with E-state index < -0.39 is 0 Å². The zero-order valence-corrected chi connectivity index (χ0v) is 16.8. The number of carbonyl (C=O) groups excluding carboxylic acids is 1. The molecule has 4 rings (SSSR count). The first-order valence-corrected chi connectivity index (χ1v) is 9.53. The Morgan fingerprint density at radius 2 is 2.00 bits per heavy atom. The van der Waals surface area contributed by atoms with Crippen molar-refractivity contribution < 1.29 is 9.53 Å². The molecule has 29 heavy (non-hydrogen) atoms. The molecule has 6 nitrogen and oxygen atoms in total. The first-order valence-electron chi connectivity index (χ1n) is 9.53. The lowest BCUT2D eigenvalue weighted by Crippen LogP contribution is -2.18. The van der Waals surface area contributed by atoms with Gasteiger partial charge in [-0.25, -0.2) is 0 Å². The Balaban J connectivity index is 1.51. The third kappa shape index (κ3) is 3.87. The third-order valence-corrected chi connectivity index (χ3v) is 5.01. The Kier molecular flexibility index (Phi) is 5.08. The van der Waals surface area contributed by atoms with Gasteiger partial charge in [-0.3, -0.25) is 9.79 Å². The summed E-state index contributed by atoms with van der Waals surface area (Å²) in [5.74, 6) is 0.698. The van der Waals surface area contributed by atoms with E-state index in [2.05, 4.69) is 15.2 Å². The fraction of sp³-hybridized carbons (Fsp3) is 0.217. The van der Waals surface area contributed by atoms with E-state index >= 15 is 0 Å². The highest BCUT2D eigenvalue weighted by atomic mass is 16.5. The van der Waals surface area contributed by atoms with E-state index in [1.54, 1.807) is 0 Å². The van der Waals surface area contributed by atoms with E-state index in [1.807, 2.05) is 93.1 Å². The lowest BCUT2D eigenvalue weighted by Gasteiger charge is -2.20. The van der Waals surface area contributed by atoms with Gasteiger partial charge in [-0.2, -0.15) is 0 Å². The normalized spacial score (nSPS) is 17.6. The molecule has 0 spiro atoms. The molecule has 2 aromatic rings. The molecule has 0 aliphatic carbocycles. The molecule has 2 heterocycles. The summed E-state index contributed by atoms with van der Waals surface area (Å²) < 4.78 is 6.15. The Morgan fingerprint density at radius 1 is 1.21 bits per heavy atom. The standard InChI is InChI=1S/C23H24N4O2/c1-26(2)19-11-9-16(10-12-19)22(28)25-18-7-4-6-17(14-18)23-27(3)20-15-24-13-5-8-21(20)29-23/h4,6-15,23H,5H2,1-3H3,(H,25,28). The second-order valence-electron chi connectivity index (χ2n) is 7.25. The van der Waals surface area contributed by atoms with Crippen molar-refractivity contribution in [2.75, 3.05) is 31.4 Å². The molecule has 0 bridgehead atoms. The monoisotopic (exact) mass is 388 g/mol. The van der Waals surface area contributed by atoms with Gasteiger partial charge in [-0.05, 0) is 42.5 Å². The minimum atomic E-state index is -0.253. The molecule has 0 radical (unpaired) electrons. The summed E-state index contributed by atoms with van der Waals surface area (Å²) in [6.45, 7) is 0. The summed E-state index contributed by atoms with van der Waals surface area (Å²) in [6, 6.07) is 15.3. The molecule has 6 heteroatoms. The molecule has 1 N–H and O–H groups in total. The summed E-state index contributed by atoms with van der Waals surface area (Å²) in [7, 11) is 5.92. The van der Waals surface area contributed by atoms with Crippen molar-refractivity contribution in [2.24, 2.45) is 4.99 Å². The van der Waals surface area contributed by atoms with Gasteiger partial charge in [0.05, 0.1) is 6.20 Å². The largest absolute Gasteiger partial charge is 0.464 e. The maximum atomic E-state index is 12.6. The number of hydrogen-bond donors (Lipinski definition) is 1. The summed E-state index contributed by atoms with van der Waals surface area (Å²) in [6.07, 6.45) is 6.20. The van der Waals surface area contributed by atoms with Crippen LogP contribution in [0.5, 0.6) is 0 Å². The minimum absolute atomic E-state index is 0.141. The number of nitrogens with zero attached hydrogens (tertiary/aromatic N) is 3. The molecule has 0 saturated carbocycles. The smallest absolute Gasteiger partial charge is 0.255 e. The van der Waals surface area contributed by atoms with E-state index in [9.17, 15) is 4.79 Å². The number of nitrogens with one attached hydrogen (secondary N) is 1. The predicted octanol–water partition coefficient (Wildman–Crippen LogP) is 4.17. The second kappa shape index (κ2) is 7.83. The number of allylic oxidation sites excluding steroid dienone is 1. The molecule has 1 unspecified atom stereocenters. The van der Waals surface area contributed by atoms with Crippen LogP contribution in [0, 0.1) is 0 Å². The maximum absolute atomic E-state index is 12.6. The third-order valence-electron chi connectivity index (χ3n) is 5.01. The SMILES string of the molecule is CN(C)c1ccc(C(=O)Nc2cccc(C3OC4=CCC=NC=C4N3C)c2)cc1. The molecule has 148 valence electrons. The van der Waals surface area contributed by atoms with Crippen LogP contribution in [0.1, 0.15) is 28.6 Å². The molecule has 2 aliphatic rings. The van der Waals surface area contributed by atoms with E-state index in [0.717, 1.165) is 34.8 Å². The van der Waals surface area contributed by atoms with Gasteiger partial charge in [0.25, 0.3) is 5.91 Å². The lowest BCUT2D eigenvalue weighted by molar-refractivity contribution is 0.0747. The summed E-state index contributed by atoms with van der Waals surface area (Å²) in [4.78, 5) is 21.0. The number of benzene rings is 2. The van der Waals surface area contributed by atoms with Gasteiger partial charge in [0.2, 0.25) is 0 Å². The van der Waals surface area contributed by atoms with Gasteiger partial charge < -0.3 is 19.9 Å². The highest BCUT2D eigenvalue weighted by molar-refractivity contribution is 6.04. The molecule has 2 aromatic carbocycles.